The van der Waals surface area contributed by atoms with E-state index in [0.29, 0.717) is 0 Å². The molecule has 0 aliphatic heterocycles. The van der Waals surface area contributed by atoms with Crippen LogP contribution in [-0.4, -0.2) is 23.2 Å². The van der Waals surface area contributed by atoms with Crippen molar-refractivity contribution in [1.82, 2.24) is 5.32 Å². The average molecular weight is 227 g/mol. The third-order valence-corrected chi connectivity index (χ3v) is 4.84. The van der Waals surface area contributed by atoms with Crippen LogP contribution in [0.15, 0.2) is 0 Å². The molecule has 94 valence electrons. The Labute approximate surface area is 98.6 Å². The molecular weight excluding hydrogens is 202 g/mol. The number of nitrogens with one attached hydrogen (secondary N) is 1. The molecule has 1 atom stereocenters. The Hall–Kier alpha value is -0.570. The number of hydrogen-bond donors (Lipinski definition) is 2. The summed E-state index contributed by atoms with van der Waals surface area (Å²) in [7, 11) is 0. The van der Waals surface area contributed by atoms with Crippen LogP contribution in [0.3, 0.4) is 0 Å². The normalized spacial score (nSPS) is 25.9. The van der Waals surface area contributed by atoms with E-state index in [9.17, 15) is 9.90 Å². The monoisotopic (exact) mass is 227 g/mol. The van der Waals surface area contributed by atoms with Crippen LogP contribution in [0.4, 0.5) is 0 Å². The molecule has 0 aromatic heterocycles. The van der Waals surface area contributed by atoms with E-state index in [1.54, 1.807) is 0 Å². The molecule has 0 aromatic carbocycles. The Kier molecular flexibility index (Phi) is 3.14. The minimum Gasteiger partial charge on any atom is -0.394 e. The van der Waals surface area contributed by atoms with Gasteiger partial charge in [0.2, 0.25) is 5.91 Å². The van der Waals surface area contributed by atoms with Crippen molar-refractivity contribution in [2.75, 3.05) is 6.61 Å². The SMILES string of the molecule is CCC(C)(CO)NC(=O)C1C(C)(C)C1(C)C. The quantitative estimate of drug-likeness (QED) is 0.771. The lowest BCUT2D eigenvalue weighted by Crippen LogP contribution is -2.49. The maximum absolute atomic E-state index is 12.1. The summed E-state index contributed by atoms with van der Waals surface area (Å²) >= 11 is 0. The fraction of sp³-hybridized carbons (Fsp3) is 0.923. The van der Waals surface area contributed by atoms with Crippen LogP contribution in [0.25, 0.3) is 0 Å². The molecule has 1 aliphatic rings. The van der Waals surface area contributed by atoms with Crippen molar-refractivity contribution >= 4 is 5.91 Å². The minimum absolute atomic E-state index is 0.0111. The van der Waals surface area contributed by atoms with Crippen molar-refractivity contribution in [3.05, 3.63) is 0 Å². The van der Waals surface area contributed by atoms with E-state index in [0.717, 1.165) is 6.42 Å². The molecule has 1 aliphatic carbocycles. The van der Waals surface area contributed by atoms with Gasteiger partial charge in [0.05, 0.1) is 12.1 Å². The van der Waals surface area contributed by atoms with E-state index in [-0.39, 0.29) is 29.3 Å². The fourth-order valence-electron chi connectivity index (χ4n) is 2.46. The summed E-state index contributed by atoms with van der Waals surface area (Å²) < 4.78 is 0. The van der Waals surface area contributed by atoms with Gasteiger partial charge in [0.15, 0.2) is 0 Å². The second-order valence-corrected chi connectivity index (χ2v) is 6.44. The van der Waals surface area contributed by atoms with Gasteiger partial charge < -0.3 is 10.4 Å². The third kappa shape index (κ3) is 1.86. The molecule has 0 spiro atoms. The highest BCUT2D eigenvalue weighted by molar-refractivity contribution is 5.84. The number of hydrogen-bond acceptors (Lipinski definition) is 2. The first-order valence-electron chi connectivity index (χ1n) is 6.05. The molecule has 0 heterocycles. The Morgan fingerprint density at radius 2 is 1.75 bits per heavy atom. The molecule has 1 rings (SSSR count). The summed E-state index contributed by atoms with van der Waals surface area (Å²) in [5.74, 6) is 0.130. The topological polar surface area (TPSA) is 49.3 Å². The summed E-state index contributed by atoms with van der Waals surface area (Å²) in [4.78, 5) is 12.1. The predicted octanol–water partition coefficient (Wildman–Crippen LogP) is 1.95. The number of aliphatic hydroxyl groups is 1. The first-order chi connectivity index (χ1) is 7.12. The molecule has 3 nitrogen and oxygen atoms in total. The van der Waals surface area contributed by atoms with Crippen LogP contribution in [0, 0.1) is 16.7 Å². The summed E-state index contributed by atoms with van der Waals surface area (Å²) in [6, 6.07) is 0. The highest BCUT2D eigenvalue weighted by atomic mass is 16.3. The van der Waals surface area contributed by atoms with Crippen LogP contribution in [0.5, 0.6) is 0 Å². The lowest BCUT2D eigenvalue weighted by atomic mass is 9.99. The fourth-order valence-corrected chi connectivity index (χ4v) is 2.46. The second-order valence-electron chi connectivity index (χ2n) is 6.44. The van der Waals surface area contributed by atoms with Gasteiger partial charge in [-0.25, -0.2) is 0 Å². The maximum Gasteiger partial charge on any atom is 0.224 e. The third-order valence-electron chi connectivity index (χ3n) is 4.84. The second kappa shape index (κ2) is 3.73. The molecule has 0 aromatic rings. The van der Waals surface area contributed by atoms with Gasteiger partial charge in [-0.3, -0.25) is 4.79 Å². The van der Waals surface area contributed by atoms with E-state index in [1.807, 2.05) is 13.8 Å². The molecule has 1 amide bonds. The van der Waals surface area contributed by atoms with Gasteiger partial charge in [0, 0.05) is 5.92 Å². The predicted molar refractivity (Wildman–Crippen MR) is 65.0 cm³/mol. The van der Waals surface area contributed by atoms with Crippen molar-refractivity contribution in [3.63, 3.8) is 0 Å². The minimum atomic E-state index is -0.480. The van der Waals surface area contributed by atoms with Gasteiger partial charge in [0.25, 0.3) is 0 Å². The van der Waals surface area contributed by atoms with E-state index >= 15 is 0 Å². The maximum atomic E-state index is 12.1. The molecule has 3 heteroatoms. The number of carbonyl (C=O) groups excluding carboxylic acids is 1. The van der Waals surface area contributed by atoms with Crippen LogP contribution < -0.4 is 5.32 Å². The lowest BCUT2D eigenvalue weighted by molar-refractivity contribution is -0.125. The number of aliphatic hydroxyl groups excluding tert-OH is 1. The van der Waals surface area contributed by atoms with Crippen LogP contribution in [-0.2, 0) is 4.79 Å². The Morgan fingerprint density at radius 1 is 1.31 bits per heavy atom. The summed E-state index contributed by atoms with van der Waals surface area (Å²) in [5, 5.41) is 12.3. The lowest BCUT2D eigenvalue weighted by Gasteiger charge is -2.27. The molecule has 1 saturated carbocycles. The standard InChI is InChI=1S/C13H25NO2/c1-7-13(6,8-15)14-10(16)9-11(2,3)12(9,4)5/h9,15H,7-8H2,1-6H3,(H,14,16). The van der Waals surface area contributed by atoms with Gasteiger partial charge in [-0.1, -0.05) is 34.6 Å². The molecule has 0 radical (unpaired) electrons. The van der Waals surface area contributed by atoms with Gasteiger partial charge >= 0.3 is 0 Å². The van der Waals surface area contributed by atoms with E-state index in [1.165, 1.54) is 0 Å². The first kappa shape index (κ1) is 13.5. The van der Waals surface area contributed by atoms with Crippen LogP contribution in [0.2, 0.25) is 0 Å². The molecule has 16 heavy (non-hydrogen) atoms. The van der Waals surface area contributed by atoms with E-state index in [4.69, 9.17) is 0 Å². The zero-order valence-electron chi connectivity index (χ0n) is 11.3. The van der Waals surface area contributed by atoms with Gasteiger partial charge in [0.1, 0.15) is 0 Å². The zero-order valence-corrected chi connectivity index (χ0v) is 11.3. The highest BCUT2D eigenvalue weighted by Crippen LogP contribution is 2.68. The van der Waals surface area contributed by atoms with Crippen molar-refractivity contribution in [3.8, 4) is 0 Å². The van der Waals surface area contributed by atoms with Crippen molar-refractivity contribution in [1.29, 1.82) is 0 Å². The molecule has 1 fully saturated rings. The zero-order chi connectivity index (χ0) is 12.8. The molecule has 0 bridgehead atoms. The van der Waals surface area contributed by atoms with Gasteiger partial charge in [-0.15, -0.1) is 0 Å². The Morgan fingerprint density at radius 3 is 2.00 bits per heavy atom. The molecule has 1 unspecified atom stereocenters. The Balaban J connectivity index is 2.70. The van der Waals surface area contributed by atoms with Crippen molar-refractivity contribution in [2.24, 2.45) is 16.7 Å². The van der Waals surface area contributed by atoms with Crippen molar-refractivity contribution in [2.45, 2.75) is 53.5 Å². The van der Waals surface area contributed by atoms with Crippen LogP contribution in [0.1, 0.15) is 48.0 Å². The highest BCUT2D eigenvalue weighted by Gasteiger charge is 2.68. The number of carbonyl (C=O) groups is 1. The van der Waals surface area contributed by atoms with Gasteiger partial charge in [-0.2, -0.15) is 0 Å². The van der Waals surface area contributed by atoms with Gasteiger partial charge in [-0.05, 0) is 24.2 Å². The summed E-state index contributed by atoms with van der Waals surface area (Å²) in [6.07, 6.45) is 0.739. The Bertz CT molecular complexity index is 276. The molecule has 0 saturated heterocycles. The smallest absolute Gasteiger partial charge is 0.224 e. The summed E-state index contributed by atoms with van der Waals surface area (Å²) in [5.41, 5.74) is -0.367. The number of amides is 1. The van der Waals surface area contributed by atoms with Crippen molar-refractivity contribution < 1.29 is 9.90 Å². The molecule has 2 N–H and O–H groups in total. The largest absolute Gasteiger partial charge is 0.394 e. The number of rotatable bonds is 4. The van der Waals surface area contributed by atoms with Crippen LogP contribution >= 0.6 is 0 Å². The average Bonchev–Trinajstić information content (AvgIpc) is 2.57. The first-order valence-corrected chi connectivity index (χ1v) is 6.05. The van der Waals surface area contributed by atoms with E-state index in [2.05, 4.69) is 33.0 Å². The molecular formula is C13H25NO2. The summed E-state index contributed by atoms with van der Waals surface area (Å²) in [6.45, 7) is 12.3. The van der Waals surface area contributed by atoms with E-state index < -0.39 is 5.54 Å².